The predicted octanol–water partition coefficient (Wildman–Crippen LogP) is 3.01. The van der Waals surface area contributed by atoms with Gasteiger partial charge in [0.05, 0.1) is 0 Å². The first-order valence-electron chi connectivity index (χ1n) is 6.70. The van der Waals surface area contributed by atoms with Gasteiger partial charge in [-0.05, 0) is 46.8 Å². The Hall–Kier alpha value is -0.940. The molecule has 1 aliphatic heterocycles. The maximum Gasteiger partial charge on any atom is 0.227 e. The van der Waals surface area contributed by atoms with Gasteiger partial charge in [0.15, 0.2) is 0 Å². The Morgan fingerprint density at radius 2 is 2.21 bits per heavy atom. The molecule has 0 atom stereocenters. The van der Waals surface area contributed by atoms with Crippen LogP contribution in [0.4, 0.5) is 5.82 Å². The minimum absolute atomic E-state index is 0.126. The van der Waals surface area contributed by atoms with Gasteiger partial charge in [-0.1, -0.05) is 6.92 Å². The van der Waals surface area contributed by atoms with Gasteiger partial charge >= 0.3 is 0 Å². The van der Waals surface area contributed by atoms with Crippen molar-refractivity contribution in [2.24, 2.45) is 5.92 Å². The maximum absolute atomic E-state index is 12.1. The monoisotopic (exact) mass is 326 g/mol. The van der Waals surface area contributed by atoms with Crippen LogP contribution < -0.4 is 4.90 Å². The summed E-state index contributed by atoms with van der Waals surface area (Å²) in [5, 5.41) is 0. The van der Waals surface area contributed by atoms with Gasteiger partial charge < -0.3 is 4.74 Å². The lowest BCUT2D eigenvalue weighted by atomic mass is 9.99. The van der Waals surface area contributed by atoms with Gasteiger partial charge in [-0.2, -0.15) is 0 Å². The van der Waals surface area contributed by atoms with E-state index in [-0.39, 0.29) is 5.91 Å². The van der Waals surface area contributed by atoms with Crippen LogP contribution in [-0.2, 0) is 9.53 Å². The van der Waals surface area contributed by atoms with E-state index in [2.05, 4.69) is 20.9 Å². The van der Waals surface area contributed by atoms with Crippen LogP contribution in [0.25, 0.3) is 0 Å². The Labute approximate surface area is 122 Å². The van der Waals surface area contributed by atoms with E-state index < -0.39 is 0 Å². The molecule has 1 amide bonds. The van der Waals surface area contributed by atoms with Gasteiger partial charge in [0.1, 0.15) is 5.82 Å². The van der Waals surface area contributed by atoms with Crippen molar-refractivity contribution >= 4 is 27.7 Å². The van der Waals surface area contributed by atoms with E-state index in [9.17, 15) is 4.79 Å². The van der Waals surface area contributed by atoms with Crippen LogP contribution in [0.5, 0.6) is 0 Å². The predicted molar refractivity (Wildman–Crippen MR) is 78.1 cm³/mol. The van der Waals surface area contributed by atoms with Crippen LogP contribution >= 0.6 is 15.9 Å². The molecule has 1 aromatic heterocycles. The summed E-state index contributed by atoms with van der Waals surface area (Å²) >= 11 is 3.36. The lowest BCUT2D eigenvalue weighted by Gasteiger charge is -2.29. The third-order valence-corrected chi connectivity index (χ3v) is 3.84. The summed E-state index contributed by atoms with van der Waals surface area (Å²) in [5.41, 5.74) is 0. The molecule has 0 aromatic carbocycles. The molecule has 5 heteroatoms. The van der Waals surface area contributed by atoms with Gasteiger partial charge in [0.25, 0.3) is 0 Å². The molecule has 0 aliphatic carbocycles. The van der Waals surface area contributed by atoms with Crippen molar-refractivity contribution in [3.63, 3.8) is 0 Å². The molecular weight excluding hydrogens is 308 g/mol. The fourth-order valence-corrected chi connectivity index (χ4v) is 2.46. The zero-order valence-corrected chi connectivity index (χ0v) is 12.7. The molecule has 1 aromatic rings. The molecule has 0 unspecified atom stereocenters. The number of hydrogen-bond acceptors (Lipinski definition) is 3. The lowest BCUT2D eigenvalue weighted by Crippen LogP contribution is -2.37. The average molecular weight is 327 g/mol. The summed E-state index contributed by atoms with van der Waals surface area (Å²) in [7, 11) is 0. The van der Waals surface area contributed by atoms with E-state index in [1.54, 1.807) is 6.20 Å². The van der Waals surface area contributed by atoms with E-state index >= 15 is 0 Å². The summed E-state index contributed by atoms with van der Waals surface area (Å²) in [5.74, 6) is 1.37. The van der Waals surface area contributed by atoms with Crippen LogP contribution in [0.1, 0.15) is 26.2 Å². The van der Waals surface area contributed by atoms with Crippen molar-refractivity contribution < 1.29 is 9.53 Å². The van der Waals surface area contributed by atoms with Crippen LogP contribution in [0, 0.1) is 5.92 Å². The largest absolute Gasteiger partial charge is 0.381 e. The Morgan fingerprint density at radius 1 is 1.47 bits per heavy atom. The molecule has 2 heterocycles. The number of carbonyl (C=O) groups excluding carboxylic acids is 1. The van der Waals surface area contributed by atoms with Gasteiger partial charge in [-0.15, -0.1) is 0 Å². The summed E-state index contributed by atoms with van der Waals surface area (Å²) in [4.78, 5) is 18.3. The van der Waals surface area contributed by atoms with Crippen LogP contribution in [-0.4, -0.2) is 30.6 Å². The SMILES string of the molecule is CCC(=O)N(CC1CCOCC1)c1ccc(Br)cn1. The van der Waals surface area contributed by atoms with Gasteiger partial charge in [-0.25, -0.2) is 4.98 Å². The third kappa shape index (κ3) is 4.01. The van der Waals surface area contributed by atoms with Crippen molar-refractivity contribution in [3.05, 3.63) is 22.8 Å². The number of halogens is 1. The molecular formula is C14H19BrN2O2. The molecule has 2 rings (SSSR count). The Morgan fingerprint density at radius 3 is 2.79 bits per heavy atom. The van der Waals surface area contributed by atoms with Gasteiger partial charge in [0.2, 0.25) is 5.91 Å². The number of anilines is 1. The molecule has 0 saturated carbocycles. The second-order valence-corrected chi connectivity index (χ2v) is 5.66. The van der Waals surface area contributed by atoms with Crippen LogP contribution in [0.3, 0.4) is 0 Å². The minimum Gasteiger partial charge on any atom is -0.381 e. The highest BCUT2D eigenvalue weighted by molar-refractivity contribution is 9.10. The molecule has 1 saturated heterocycles. The third-order valence-electron chi connectivity index (χ3n) is 3.37. The van der Waals surface area contributed by atoms with Crippen molar-refractivity contribution in [2.45, 2.75) is 26.2 Å². The number of aromatic nitrogens is 1. The number of nitrogens with zero attached hydrogens (tertiary/aromatic N) is 2. The van der Waals surface area contributed by atoms with Gasteiger partial charge in [-0.3, -0.25) is 9.69 Å². The molecule has 0 spiro atoms. The Kier molecular flexibility index (Phi) is 5.34. The molecule has 0 bridgehead atoms. The second kappa shape index (κ2) is 7.01. The molecule has 0 N–H and O–H groups in total. The van der Waals surface area contributed by atoms with Crippen LogP contribution in [0.2, 0.25) is 0 Å². The zero-order chi connectivity index (χ0) is 13.7. The van der Waals surface area contributed by atoms with E-state index in [0.29, 0.717) is 12.3 Å². The highest BCUT2D eigenvalue weighted by atomic mass is 79.9. The molecule has 0 radical (unpaired) electrons. The van der Waals surface area contributed by atoms with E-state index in [1.807, 2.05) is 24.0 Å². The molecule has 1 fully saturated rings. The quantitative estimate of drug-likeness (QED) is 0.854. The summed E-state index contributed by atoms with van der Waals surface area (Å²) in [6.45, 7) is 4.22. The number of carbonyl (C=O) groups is 1. The summed E-state index contributed by atoms with van der Waals surface area (Å²) in [6.07, 6.45) is 4.27. The highest BCUT2D eigenvalue weighted by Crippen LogP contribution is 2.21. The first-order valence-corrected chi connectivity index (χ1v) is 7.49. The smallest absolute Gasteiger partial charge is 0.227 e. The normalized spacial score (nSPS) is 16.3. The van der Waals surface area contributed by atoms with E-state index in [1.165, 1.54) is 0 Å². The molecule has 19 heavy (non-hydrogen) atoms. The van der Waals surface area contributed by atoms with Crippen molar-refractivity contribution in [3.8, 4) is 0 Å². The van der Waals surface area contributed by atoms with Crippen molar-refractivity contribution in [1.29, 1.82) is 0 Å². The fourth-order valence-electron chi connectivity index (χ4n) is 2.23. The fraction of sp³-hybridized carbons (Fsp3) is 0.571. The molecule has 1 aliphatic rings. The molecule has 104 valence electrons. The summed E-state index contributed by atoms with van der Waals surface area (Å²) < 4.78 is 6.29. The summed E-state index contributed by atoms with van der Waals surface area (Å²) in [6, 6.07) is 3.80. The number of rotatable bonds is 4. The number of ether oxygens (including phenoxy) is 1. The number of hydrogen-bond donors (Lipinski definition) is 0. The zero-order valence-electron chi connectivity index (χ0n) is 11.1. The Balaban J connectivity index is 2.10. The average Bonchev–Trinajstić information content (AvgIpc) is 2.46. The first-order chi connectivity index (χ1) is 9.20. The van der Waals surface area contributed by atoms with Gasteiger partial charge in [0, 0.05) is 36.8 Å². The number of amides is 1. The topological polar surface area (TPSA) is 42.4 Å². The van der Waals surface area contributed by atoms with E-state index in [4.69, 9.17) is 4.74 Å². The Bertz CT molecular complexity index is 416. The standard InChI is InChI=1S/C14H19BrN2O2/c1-2-14(18)17(10-11-5-7-19-8-6-11)13-4-3-12(15)9-16-13/h3-4,9,11H,2,5-8,10H2,1H3. The van der Waals surface area contributed by atoms with Crippen LogP contribution in [0.15, 0.2) is 22.8 Å². The highest BCUT2D eigenvalue weighted by Gasteiger charge is 2.22. The van der Waals surface area contributed by atoms with Crippen molar-refractivity contribution in [2.75, 3.05) is 24.7 Å². The van der Waals surface area contributed by atoms with Crippen molar-refractivity contribution in [1.82, 2.24) is 4.98 Å². The lowest BCUT2D eigenvalue weighted by molar-refractivity contribution is -0.118. The second-order valence-electron chi connectivity index (χ2n) is 4.75. The first kappa shape index (κ1) is 14.5. The molecule has 4 nitrogen and oxygen atoms in total. The minimum atomic E-state index is 0.126. The number of pyridine rings is 1. The maximum atomic E-state index is 12.1. The van der Waals surface area contributed by atoms with E-state index in [0.717, 1.165) is 42.9 Å².